The van der Waals surface area contributed by atoms with E-state index >= 15 is 0 Å². The summed E-state index contributed by atoms with van der Waals surface area (Å²) in [6.45, 7) is 9.61. The molecule has 5 nitrogen and oxygen atoms in total. The van der Waals surface area contributed by atoms with Crippen molar-refractivity contribution in [3.8, 4) is 0 Å². The van der Waals surface area contributed by atoms with Gasteiger partial charge in [0.15, 0.2) is 0 Å². The molecule has 3 rings (SSSR count). The van der Waals surface area contributed by atoms with E-state index < -0.39 is 5.60 Å². The Kier molecular flexibility index (Phi) is 9.42. The van der Waals surface area contributed by atoms with Crippen LogP contribution < -0.4 is 5.46 Å². The van der Waals surface area contributed by atoms with Crippen LogP contribution in [0.25, 0.3) is 0 Å². The van der Waals surface area contributed by atoms with Gasteiger partial charge in [-0.2, -0.15) is 0 Å². The Morgan fingerprint density at radius 1 is 0.971 bits per heavy atom. The molecule has 1 saturated heterocycles. The summed E-state index contributed by atoms with van der Waals surface area (Å²) in [5.74, 6) is 0.0569. The van der Waals surface area contributed by atoms with Gasteiger partial charge in [0, 0.05) is 31.2 Å². The second kappa shape index (κ2) is 12.3. The number of aryl methyl sites for hydroxylation is 1. The average molecular weight is 476 g/mol. The molecule has 0 bridgehead atoms. The standard InChI is InChI=1S/C29H41BN2O3/c1-5-6-7-8-22-9-13-24(14-10-22)27(33)32(21-23-11-15-25(30)16-12-23)26-17-19-31(20-18-26)28(34)35-29(2,3)4/h9-16,26H,5-8,17-21,30H2,1-4H3. The molecule has 0 radical (unpaired) electrons. The first-order valence-electron chi connectivity index (χ1n) is 13.1. The van der Waals surface area contributed by atoms with Crippen molar-refractivity contribution in [1.82, 2.24) is 9.80 Å². The molecule has 0 spiro atoms. The zero-order valence-corrected chi connectivity index (χ0v) is 22.2. The van der Waals surface area contributed by atoms with Gasteiger partial charge < -0.3 is 14.5 Å². The van der Waals surface area contributed by atoms with Crippen molar-refractivity contribution < 1.29 is 14.3 Å². The third kappa shape index (κ3) is 8.15. The monoisotopic (exact) mass is 476 g/mol. The summed E-state index contributed by atoms with van der Waals surface area (Å²) in [6, 6.07) is 16.6. The number of hydrogen-bond donors (Lipinski definition) is 0. The molecule has 1 fully saturated rings. The Labute approximate surface area is 212 Å². The fraction of sp³-hybridized carbons (Fsp3) is 0.517. The fourth-order valence-electron chi connectivity index (χ4n) is 4.50. The van der Waals surface area contributed by atoms with Crippen LogP contribution in [0.15, 0.2) is 48.5 Å². The summed E-state index contributed by atoms with van der Waals surface area (Å²) in [7, 11) is 2.07. The van der Waals surface area contributed by atoms with E-state index in [-0.39, 0.29) is 18.0 Å². The first kappa shape index (κ1) is 26.8. The SMILES string of the molecule is Bc1ccc(CN(C(=O)c2ccc(CCCCC)cc2)C2CCN(C(=O)OC(C)(C)C)CC2)cc1. The first-order chi connectivity index (χ1) is 16.7. The Hall–Kier alpha value is -2.76. The van der Waals surface area contributed by atoms with Crippen LogP contribution in [0.5, 0.6) is 0 Å². The van der Waals surface area contributed by atoms with E-state index in [4.69, 9.17) is 4.74 Å². The molecule has 2 amide bonds. The molecule has 0 atom stereocenters. The highest BCUT2D eigenvalue weighted by atomic mass is 16.6. The van der Waals surface area contributed by atoms with Crippen molar-refractivity contribution >= 4 is 25.3 Å². The van der Waals surface area contributed by atoms with Crippen LogP contribution >= 0.6 is 0 Å². The van der Waals surface area contributed by atoms with Crippen LogP contribution in [0.1, 0.15) is 81.3 Å². The number of likely N-dealkylation sites (tertiary alicyclic amines) is 1. The molecule has 0 aliphatic carbocycles. The lowest BCUT2D eigenvalue weighted by molar-refractivity contribution is 0.0142. The van der Waals surface area contributed by atoms with Crippen LogP contribution in [0.3, 0.4) is 0 Å². The third-order valence-electron chi connectivity index (χ3n) is 6.56. The maximum atomic E-state index is 13.7. The second-order valence-corrected chi connectivity index (χ2v) is 10.8. The molecule has 0 aromatic heterocycles. The third-order valence-corrected chi connectivity index (χ3v) is 6.56. The van der Waals surface area contributed by atoms with E-state index in [0.717, 1.165) is 30.4 Å². The van der Waals surface area contributed by atoms with E-state index in [1.807, 2.05) is 37.8 Å². The van der Waals surface area contributed by atoms with Crippen molar-refractivity contribution in [1.29, 1.82) is 0 Å². The van der Waals surface area contributed by atoms with E-state index in [2.05, 4.69) is 51.2 Å². The minimum absolute atomic E-state index is 0.0569. The maximum absolute atomic E-state index is 13.7. The number of hydrogen-bond acceptors (Lipinski definition) is 3. The molecule has 2 aromatic carbocycles. The van der Waals surface area contributed by atoms with Gasteiger partial charge >= 0.3 is 6.09 Å². The minimum atomic E-state index is -0.510. The summed E-state index contributed by atoms with van der Waals surface area (Å²) in [5, 5.41) is 0. The molecule has 1 aliphatic rings. The molecule has 188 valence electrons. The molecule has 35 heavy (non-hydrogen) atoms. The lowest BCUT2D eigenvalue weighted by Gasteiger charge is -2.39. The highest BCUT2D eigenvalue weighted by Gasteiger charge is 2.32. The van der Waals surface area contributed by atoms with Gasteiger partial charge in [0.25, 0.3) is 5.91 Å². The van der Waals surface area contributed by atoms with E-state index in [9.17, 15) is 9.59 Å². The Balaban J connectivity index is 1.72. The summed E-state index contributed by atoms with van der Waals surface area (Å²) < 4.78 is 5.55. The lowest BCUT2D eigenvalue weighted by atomic mass is 9.95. The van der Waals surface area contributed by atoms with E-state index in [1.54, 1.807) is 4.90 Å². The topological polar surface area (TPSA) is 49.9 Å². The normalized spacial score (nSPS) is 14.6. The van der Waals surface area contributed by atoms with Gasteiger partial charge in [0.05, 0.1) is 0 Å². The van der Waals surface area contributed by atoms with Crippen LogP contribution in [0, 0.1) is 0 Å². The highest BCUT2D eigenvalue weighted by Crippen LogP contribution is 2.23. The number of ether oxygens (including phenoxy) is 1. The summed E-state index contributed by atoms with van der Waals surface area (Å²) in [6.07, 6.45) is 5.88. The number of carbonyl (C=O) groups excluding carboxylic acids is 2. The van der Waals surface area contributed by atoms with Crippen LogP contribution in [0.4, 0.5) is 4.79 Å². The molecule has 1 heterocycles. The predicted octanol–water partition coefficient (Wildman–Crippen LogP) is 4.72. The smallest absolute Gasteiger partial charge is 0.410 e. The molecule has 6 heteroatoms. The summed E-state index contributed by atoms with van der Waals surface area (Å²) in [5.41, 5.74) is 3.83. The van der Waals surface area contributed by atoms with E-state index in [1.165, 1.54) is 30.3 Å². The van der Waals surface area contributed by atoms with Crippen LogP contribution in [-0.2, 0) is 17.7 Å². The molecule has 0 saturated carbocycles. The van der Waals surface area contributed by atoms with Gasteiger partial charge in [-0.3, -0.25) is 4.79 Å². The maximum Gasteiger partial charge on any atom is 0.410 e. The molecule has 1 aliphatic heterocycles. The van der Waals surface area contributed by atoms with Gasteiger partial charge in [0.2, 0.25) is 0 Å². The van der Waals surface area contributed by atoms with Gasteiger partial charge in [-0.1, -0.05) is 61.6 Å². The van der Waals surface area contributed by atoms with Crippen molar-refractivity contribution in [3.63, 3.8) is 0 Å². The summed E-state index contributed by atoms with van der Waals surface area (Å²) >= 11 is 0. The number of nitrogens with zero attached hydrogens (tertiary/aromatic N) is 2. The van der Waals surface area contributed by atoms with Gasteiger partial charge in [0.1, 0.15) is 13.4 Å². The number of benzene rings is 2. The molecular formula is C29H41BN2O3. The average Bonchev–Trinajstić information content (AvgIpc) is 2.83. The number of piperidine rings is 1. The molecule has 0 unspecified atom stereocenters. The van der Waals surface area contributed by atoms with Crippen molar-refractivity contribution in [2.75, 3.05) is 13.1 Å². The van der Waals surface area contributed by atoms with Crippen LogP contribution in [-0.4, -0.2) is 54.4 Å². The fourth-order valence-corrected chi connectivity index (χ4v) is 4.50. The van der Waals surface area contributed by atoms with Crippen LogP contribution in [0.2, 0.25) is 0 Å². The van der Waals surface area contributed by atoms with Gasteiger partial charge in [-0.05, 0) is 69.7 Å². The molecular weight excluding hydrogens is 435 g/mol. The van der Waals surface area contributed by atoms with Gasteiger partial charge in [-0.25, -0.2) is 4.79 Å². The van der Waals surface area contributed by atoms with Crippen molar-refractivity contribution in [2.24, 2.45) is 0 Å². The second-order valence-electron chi connectivity index (χ2n) is 10.8. The minimum Gasteiger partial charge on any atom is -0.444 e. The zero-order chi connectivity index (χ0) is 25.4. The predicted molar refractivity (Wildman–Crippen MR) is 145 cm³/mol. The Morgan fingerprint density at radius 3 is 2.14 bits per heavy atom. The first-order valence-corrected chi connectivity index (χ1v) is 13.1. The molecule has 0 N–H and O–H groups in total. The quantitative estimate of drug-likeness (QED) is 0.409. The van der Waals surface area contributed by atoms with E-state index in [0.29, 0.717) is 19.6 Å². The number of carbonyl (C=O) groups is 2. The lowest BCUT2D eigenvalue weighted by Crippen LogP contribution is -2.49. The number of rotatable bonds is 8. The molecule has 2 aromatic rings. The Bertz CT molecular complexity index is 959. The Morgan fingerprint density at radius 2 is 1.57 bits per heavy atom. The highest BCUT2D eigenvalue weighted by molar-refractivity contribution is 6.32. The zero-order valence-electron chi connectivity index (χ0n) is 22.2. The summed E-state index contributed by atoms with van der Waals surface area (Å²) in [4.78, 5) is 30.0. The van der Waals surface area contributed by atoms with Gasteiger partial charge in [-0.15, -0.1) is 0 Å². The number of amides is 2. The van der Waals surface area contributed by atoms with Crippen molar-refractivity contribution in [2.45, 2.75) is 84.4 Å². The number of unbranched alkanes of at least 4 members (excludes halogenated alkanes) is 2. The van der Waals surface area contributed by atoms with Crippen molar-refractivity contribution in [3.05, 3.63) is 65.2 Å². The largest absolute Gasteiger partial charge is 0.444 e.